The zero-order valence-electron chi connectivity index (χ0n) is 25.8. The van der Waals surface area contributed by atoms with Crippen LogP contribution in [-0.4, -0.2) is 99.2 Å². The lowest BCUT2D eigenvalue weighted by atomic mass is 9.72. The van der Waals surface area contributed by atoms with Crippen molar-refractivity contribution in [3.05, 3.63) is 29.8 Å². The maximum absolute atomic E-state index is 14.4. The number of hydrogen-bond donors (Lipinski definition) is 1. The lowest BCUT2D eigenvalue weighted by Crippen LogP contribution is -2.65. The fourth-order valence-electron chi connectivity index (χ4n) is 6.48. The molecule has 1 N–H and O–H groups in total. The molecule has 3 atom stereocenters. The molecule has 0 aliphatic carbocycles. The molecule has 2 fully saturated rings. The lowest BCUT2D eigenvalue weighted by molar-refractivity contribution is -0.146. The summed E-state index contributed by atoms with van der Waals surface area (Å²) in [6, 6.07) is 3.28. The van der Waals surface area contributed by atoms with Gasteiger partial charge in [-0.1, -0.05) is 34.6 Å². The zero-order chi connectivity index (χ0) is 30.8. The van der Waals surface area contributed by atoms with Crippen LogP contribution in [0, 0.1) is 23.1 Å². The molecule has 2 aliphatic rings. The number of carbonyl (C=O) groups excluding carboxylic acids is 2. The minimum Gasteiger partial charge on any atom is -0.465 e. The number of nitrogens with zero attached hydrogens (tertiary/aromatic N) is 5. The predicted octanol–water partition coefficient (Wildman–Crippen LogP) is 4.72. The Kier molecular flexibility index (Phi) is 9.80. The molecule has 1 aromatic carbocycles. The molecule has 1 unspecified atom stereocenters. The summed E-state index contributed by atoms with van der Waals surface area (Å²) in [5.74, 6) is -1.13. The van der Waals surface area contributed by atoms with Gasteiger partial charge in [0.1, 0.15) is 5.82 Å². The van der Waals surface area contributed by atoms with Crippen LogP contribution in [-0.2, 0) is 16.1 Å². The van der Waals surface area contributed by atoms with Crippen LogP contribution < -0.4 is 0 Å². The van der Waals surface area contributed by atoms with Crippen molar-refractivity contribution in [1.29, 1.82) is 0 Å². The number of halogens is 1. The second-order valence-electron chi connectivity index (χ2n) is 13.2. The summed E-state index contributed by atoms with van der Waals surface area (Å²) >= 11 is 0. The number of piperidine rings is 1. The topological polar surface area (TPSA) is 108 Å². The van der Waals surface area contributed by atoms with Gasteiger partial charge in [-0.2, -0.15) is 0 Å². The number of hydrogen-bond acceptors (Lipinski definition) is 5. The van der Waals surface area contributed by atoms with E-state index in [1.165, 1.54) is 17.0 Å². The Bertz CT molecular complexity index is 1280. The van der Waals surface area contributed by atoms with E-state index in [4.69, 9.17) is 4.74 Å². The van der Waals surface area contributed by atoms with E-state index in [0.29, 0.717) is 50.2 Å². The molecule has 2 aromatic rings. The standard InChI is InChI=1S/C31H46FN5O5/c1-20(2)18-36(29(39)27-33-24-16-21(32)10-11-25(24)35(27)14-7-8-15-42-6)22-17-23(28(38)34-12-9-13-34)26(31(3,4)5)37(19-22)30(40)41/h10-11,16,20,22-23,26H,7-9,12-15,17-19H2,1-6H3,(H,40,41)/t22-,23+,26?/m0/s1. The number of ether oxygens (including phenoxy) is 1. The predicted molar refractivity (Wildman–Crippen MR) is 158 cm³/mol. The third kappa shape index (κ3) is 6.71. The molecule has 42 heavy (non-hydrogen) atoms. The van der Waals surface area contributed by atoms with E-state index >= 15 is 0 Å². The van der Waals surface area contributed by atoms with Gasteiger partial charge in [-0.3, -0.25) is 9.59 Å². The maximum Gasteiger partial charge on any atom is 0.407 e. The number of imidazole rings is 1. The van der Waals surface area contributed by atoms with Crippen LogP contribution in [0.15, 0.2) is 18.2 Å². The minimum absolute atomic E-state index is 0.0464. The fraction of sp³-hybridized carbons (Fsp3) is 0.677. The van der Waals surface area contributed by atoms with E-state index < -0.39 is 35.3 Å². The van der Waals surface area contributed by atoms with Crippen molar-refractivity contribution in [2.24, 2.45) is 17.3 Å². The quantitative estimate of drug-likeness (QED) is 0.403. The normalized spacial score (nSPS) is 21.1. The van der Waals surface area contributed by atoms with Crippen LogP contribution in [0.25, 0.3) is 11.0 Å². The Balaban J connectivity index is 1.75. The molecule has 0 radical (unpaired) electrons. The Morgan fingerprint density at radius 2 is 1.90 bits per heavy atom. The molecule has 0 spiro atoms. The van der Waals surface area contributed by atoms with E-state index in [1.807, 2.05) is 39.2 Å². The Morgan fingerprint density at radius 1 is 1.19 bits per heavy atom. The second kappa shape index (κ2) is 13.0. The first-order valence-corrected chi connectivity index (χ1v) is 15.1. The highest BCUT2D eigenvalue weighted by atomic mass is 19.1. The van der Waals surface area contributed by atoms with Crippen LogP contribution in [0.3, 0.4) is 0 Å². The smallest absolute Gasteiger partial charge is 0.407 e. The highest BCUT2D eigenvalue weighted by Gasteiger charge is 2.50. The molecular formula is C31H46FN5O5. The summed E-state index contributed by atoms with van der Waals surface area (Å²) in [6.45, 7) is 12.8. The Morgan fingerprint density at radius 3 is 2.48 bits per heavy atom. The summed E-state index contributed by atoms with van der Waals surface area (Å²) in [7, 11) is 1.64. The zero-order valence-corrected chi connectivity index (χ0v) is 25.8. The van der Waals surface area contributed by atoms with Gasteiger partial charge in [0.15, 0.2) is 5.82 Å². The maximum atomic E-state index is 14.4. The van der Waals surface area contributed by atoms with Crippen LogP contribution in [0.2, 0.25) is 0 Å². The molecule has 2 saturated heterocycles. The SMILES string of the molecule is COCCCCn1c(C(=O)N(CC(C)C)[C@H]2C[C@@H](C(=O)N3CCC3)C(C(C)(C)C)N(C(=O)O)C2)nc2cc(F)ccc21. The van der Waals surface area contributed by atoms with E-state index in [9.17, 15) is 23.9 Å². The molecule has 1 aromatic heterocycles. The number of unbranched alkanes of at least 4 members (excludes halogenated alkanes) is 1. The summed E-state index contributed by atoms with van der Waals surface area (Å²) in [5.41, 5.74) is 0.571. The van der Waals surface area contributed by atoms with Gasteiger partial charge >= 0.3 is 6.09 Å². The van der Waals surface area contributed by atoms with Crippen molar-refractivity contribution in [1.82, 2.24) is 24.3 Å². The highest BCUT2D eigenvalue weighted by molar-refractivity contribution is 5.95. The van der Waals surface area contributed by atoms with Gasteiger partial charge < -0.3 is 29.1 Å². The van der Waals surface area contributed by atoms with Gasteiger partial charge in [-0.05, 0) is 49.1 Å². The van der Waals surface area contributed by atoms with Crippen LogP contribution in [0.5, 0.6) is 0 Å². The first-order valence-electron chi connectivity index (χ1n) is 15.1. The van der Waals surface area contributed by atoms with E-state index in [1.54, 1.807) is 23.0 Å². The van der Waals surface area contributed by atoms with Gasteiger partial charge in [0.05, 0.1) is 29.0 Å². The summed E-state index contributed by atoms with van der Waals surface area (Å²) < 4.78 is 21.2. The van der Waals surface area contributed by atoms with Crippen LogP contribution >= 0.6 is 0 Å². The second-order valence-corrected chi connectivity index (χ2v) is 13.2. The number of rotatable bonds is 10. The van der Waals surface area contributed by atoms with Crippen LogP contribution in [0.1, 0.15) is 70.9 Å². The van der Waals surface area contributed by atoms with Crippen molar-refractivity contribution in [3.8, 4) is 0 Å². The largest absolute Gasteiger partial charge is 0.465 e. The third-order valence-corrected chi connectivity index (χ3v) is 8.41. The minimum atomic E-state index is -1.10. The van der Waals surface area contributed by atoms with E-state index in [-0.39, 0.29) is 30.1 Å². The molecule has 0 bridgehead atoms. The van der Waals surface area contributed by atoms with Crippen LogP contribution in [0.4, 0.5) is 9.18 Å². The number of amides is 3. The molecule has 11 heteroatoms. The molecule has 232 valence electrons. The van der Waals surface area contributed by atoms with Gasteiger partial charge in [0.25, 0.3) is 5.91 Å². The molecule has 2 aliphatic heterocycles. The highest BCUT2D eigenvalue weighted by Crippen LogP contribution is 2.39. The number of methoxy groups -OCH3 is 1. The summed E-state index contributed by atoms with van der Waals surface area (Å²) in [6.07, 6.45) is 1.72. The number of benzene rings is 1. The number of fused-ring (bicyclic) bond motifs is 1. The van der Waals surface area contributed by atoms with Gasteiger partial charge in [-0.15, -0.1) is 0 Å². The molecular weight excluding hydrogens is 541 g/mol. The molecule has 3 amide bonds. The van der Waals surface area contributed by atoms with Crippen molar-refractivity contribution in [2.45, 2.75) is 78.9 Å². The number of carboxylic acid groups (broad SMARTS) is 1. The number of carbonyl (C=O) groups is 3. The average Bonchev–Trinajstić information content (AvgIpc) is 3.24. The van der Waals surface area contributed by atoms with Gasteiger partial charge in [0, 0.05) is 52.5 Å². The fourth-order valence-corrected chi connectivity index (χ4v) is 6.48. The molecule has 10 nitrogen and oxygen atoms in total. The summed E-state index contributed by atoms with van der Waals surface area (Å²) in [5, 5.41) is 10.4. The molecule has 4 rings (SSSR count). The van der Waals surface area contributed by atoms with Gasteiger partial charge in [-0.25, -0.2) is 14.2 Å². The van der Waals surface area contributed by atoms with E-state index in [2.05, 4.69) is 4.98 Å². The molecule has 0 saturated carbocycles. The third-order valence-electron chi connectivity index (χ3n) is 8.41. The van der Waals surface area contributed by atoms with Crippen molar-refractivity contribution in [3.63, 3.8) is 0 Å². The van der Waals surface area contributed by atoms with Gasteiger partial charge in [0.2, 0.25) is 5.91 Å². The Labute approximate surface area is 247 Å². The molecule has 3 heterocycles. The number of aryl methyl sites for hydroxylation is 1. The van der Waals surface area contributed by atoms with Crippen molar-refractivity contribution in [2.75, 3.05) is 39.9 Å². The summed E-state index contributed by atoms with van der Waals surface area (Å²) in [4.78, 5) is 50.4. The monoisotopic (exact) mass is 587 g/mol. The number of likely N-dealkylation sites (tertiary alicyclic amines) is 2. The van der Waals surface area contributed by atoms with Crippen molar-refractivity contribution >= 4 is 28.9 Å². The number of aromatic nitrogens is 2. The van der Waals surface area contributed by atoms with E-state index in [0.717, 1.165) is 19.3 Å². The van der Waals surface area contributed by atoms with Crippen molar-refractivity contribution < 1.29 is 28.6 Å². The Hall–Kier alpha value is -3.21. The lowest BCUT2D eigenvalue weighted by Gasteiger charge is -2.52. The first kappa shape index (κ1) is 31.7. The first-order chi connectivity index (χ1) is 19.8. The average molecular weight is 588 g/mol.